The molecule has 4 rings (SSSR count). The number of hydrogen-bond donors (Lipinski definition) is 3. The van der Waals surface area contributed by atoms with Crippen molar-refractivity contribution in [3.8, 4) is 5.88 Å². The highest BCUT2D eigenvalue weighted by Gasteiger charge is 2.43. The normalized spacial score (nSPS) is 21.5. The number of likely N-dealkylation sites (tertiary alicyclic amines) is 1. The maximum Gasteiger partial charge on any atom is 0.313 e. The largest absolute Gasteiger partial charge is 0.480 e. The van der Waals surface area contributed by atoms with Crippen LogP contribution in [-0.4, -0.2) is 47.2 Å². The quantitative estimate of drug-likeness (QED) is 0.574. The number of benzene rings is 1. The number of pyridine rings is 1. The van der Waals surface area contributed by atoms with Gasteiger partial charge in [-0.3, -0.25) is 19.2 Å². The molecule has 1 aromatic heterocycles. The smallest absolute Gasteiger partial charge is 0.313 e. The van der Waals surface area contributed by atoms with Crippen LogP contribution in [0.1, 0.15) is 54.6 Å². The molecule has 0 spiro atoms. The van der Waals surface area contributed by atoms with Crippen LogP contribution in [0.2, 0.25) is 0 Å². The summed E-state index contributed by atoms with van der Waals surface area (Å²) in [4.78, 5) is 55.5. The van der Waals surface area contributed by atoms with Crippen LogP contribution in [0.3, 0.4) is 0 Å². The van der Waals surface area contributed by atoms with Gasteiger partial charge in [0.15, 0.2) is 0 Å². The van der Waals surface area contributed by atoms with Crippen LogP contribution in [0.5, 0.6) is 5.88 Å². The van der Waals surface area contributed by atoms with Gasteiger partial charge in [0.1, 0.15) is 5.56 Å². The van der Waals surface area contributed by atoms with Crippen molar-refractivity contribution >= 4 is 35.0 Å². The van der Waals surface area contributed by atoms with E-state index in [-0.39, 0.29) is 29.0 Å². The predicted octanol–water partition coefficient (Wildman–Crippen LogP) is 2.19. The summed E-state index contributed by atoms with van der Waals surface area (Å²) in [5.74, 6) is -2.04. The average molecular weight is 480 g/mol. The van der Waals surface area contributed by atoms with Crippen LogP contribution in [0, 0.1) is 5.92 Å². The van der Waals surface area contributed by atoms with Crippen molar-refractivity contribution in [2.24, 2.45) is 11.7 Å². The SMILES string of the molecule is COc1ncc(NC(=O)C(=O)N2C[C@@H](C)CC[C@@]2(C)c2ccc3c(c2)CCC(=O)N3)cc1C(N)=O. The number of amides is 4. The summed E-state index contributed by atoms with van der Waals surface area (Å²) >= 11 is 0. The number of fused-ring (bicyclic) bond motifs is 1. The Morgan fingerprint density at radius 1 is 1.26 bits per heavy atom. The van der Waals surface area contributed by atoms with E-state index in [1.807, 2.05) is 32.0 Å². The molecule has 2 aliphatic heterocycles. The van der Waals surface area contributed by atoms with Crippen molar-refractivity contribution in [2.45, 2.75) is 45.1 Å². The second-order valence-corrected chi connectivity index (χ2v) is 9.35. The van der Waals surface area contributed by atoms with Gasteiger partial charge in [0.25, 0.3) is 5.91 Å². The third-order valence-corrected chi connectivity index (χ3v) is 6.84. The number of nitrogens with two attached hydrogens (primary N) is 1. The molecule has 2 atom stereocenters. The number of anilines is 2. The van der Waals surface area contributed by atoms with Crippen LogP contribution in [-0.2, 0) is 26.3 Å². The maximum absolute atomic E-state index is 13.4. The minimum absolute atomic E-state index is 0.00432. The molecule has 0 aliphatic carbocycles. The van der Waals surface area contributed by atoms with Crippen LogP contribution in [0.4, 0.5) is 11.4 Å². The molecule has 2 aromatic rings. The zero-order valence-corrected chi connectivity index (χ0v) is 20.0. The number of hydrogen-bond acceptors (Lipinski definition) is 6. The zero-order chi connectivity index (χ0) is 25.3. The lowest BCUT2D eigenvalue weighted by atomic mass is 9.78. The molecular weight excluding hydrogens is 450 g/mol. The molecule has 35 heavy (non-hydrogen) atoms. The van der Waals surface area contributed by atoms with Gasteiger partial charge in [-0.1, -0.05) is 19.1 Å². The number of piperidine rings is 1. The van der Waals surface area contributed by atoms with Gasteiger partial charge >= 0.3 is 11.8 Å². The van der Waals surface area contributed by atoms with Gasteiger partial charge in [-0.05, 0) is 55.4 Å². The van der Waals surface area contributed by atoms with Crippen molar-refractivity contribution in [1.82, 2.24) is 9.88 Å². The monoisotopic (exact) mass is 479 g/mol. The van der Waals surface area contributed by atoms with E-state index in [2.05, 4.69) is 15.6 Å². The number of methoxy groups -OCH3 is 1. The molecule has 0 unspecified atom stereocenters. The zero-order valence-electron chi connectivity index (χ0n) is 20.0. The Bertz CT molecular complexity index is 1210. The van der Waals surface area contributed by atoms with Gasteiger partial charge in [-0.15, -0.1) is 0 Å². The highest BCUT2D eigenvalue weighted by atomic mass is 16.5. The van der Waals surface area contributed by atoms with E-state index < -0.39 is 23.3 Å². The van der Waals surface area contributed by atoms with E-state index >= 15 is 0 Å². The van der Waals surface area contributed by atoms with Gasteiger partial charge < -0.3 is 26.0 Å². The second kappa shape index (κ2) is 9.36. The summed E-state index contributed by atoms with van der Waals surface area (Å²) in [6.07, 6.45) is 3.93. The van der Waals surface area contributed by atoms with E-state index in [1.54, 1.807) is 4.90 Å². The van der Waals surface area contributed by atoms with Gasteiger partial charge in [-0.2, -0.15) is 0 Å². The molecule has 0 saturated carbocycles. The summed E-state index contributed by atoms with van der Waals surface area (Å²) in [5, 5.41) is 5.42. The summed E-state index contributed by atoms with van der Waals surface area (Å²) in [5.41, 5.74) is 7.54. The van der Waals surface area contributed by atoms with Crippen LogP contribution in [0.15, 0.2) is 30.5 Å². The van der Waals surface area contributed by atoms with Crippen molar-refractivity contribution in [2.75, 3.05) is 24.3 Å². The highest BCUT2D eigenvalue weighted by molar-refractivity contribution is 6.39. The molecule has 2 aliphatic rings. The molecule has 184 valence electrons. The Hall–Kier alpha value is -3.95. The molecule has 0 bridgehead atoms. The molecular formula is C25H29N5O5. The fourth-order valence-electron chi connectivity index (χ4n) is 4.76. The summed E-state index contributed by atoms with van der Waals surface area (Å²) < 4.78 is 5.02. The Balaban J connectivity index is 1.61. The van der Waals surface area contributed by atoms with E-state index in [9.17, 15) is 19.2 Å². The third-order valence-electron chi connectivity index (χ3n) is 6.84. The number of primary amides is 1. The lowest BCUT2D eigenvalue weighted by Gasteiger charge is -2.47. The Kier molecular flexibility index (Phi) is 6.47. The van der Waals surface area contributed by atoms with E-state index in [4.69, 9.17) is 10.5 Å². The summed E-state index contributed by atoms with van der Waals surface area (Å²) in [6.45, 7) is 4.43. The first-order valence-corrected chi connectivity index (χ1v) is 11.5. The van der Waals surface area contributed by atoms with Crippen LogP contribution >= 0.6 is 0 Å². The molecule has 10 heteroatoms. The number of aryl methyl sites for hydroxylation is 1. The lowest BCUT2D eigenvalue weighted by Crippen LogP contribution is -2.55. The molecule has 3 heterocycles. The van der Waals surface area contributed by atoms with Crippen molar-refractivity contribution < 1.29 is 23.9 Å². The van der Waals surface area contributed by atoms with Crippen molar-refractivity contribution in [3.63, 3.8) is 0 Å². The van der Waals surface area contributed by atoms with Gasteiger partial charge in [0, 0.05) is 18.7 Å². The van der Waals surface area contributed by atoms with Gasteiger partial charge in [0.05, 0.1) is 24.5 Å². The molecule has 0 radical (unpaired) electrons. The average Bonchev–Trinajstić information content (AvgIpc) is 2.84. The number of rotatable bonds is 4. The fourth-order valence-corrected chi connectivity index (χ4v) is 4.76. The van der Waals surface area contributed by atoms with Crippen LogP contribution in [0.25, 0.3) is 0 Å². The Morgan fingerprint density at radius 2 is 2.03 bits per heavy atom. The molecule has 1 aromatic carbocycles. The van der Waals surface area contributed by atoms with Crippen molar-refractivity contribution in [3.05, 3.63) is 47.2 Å². The lowest BCUT2D eigenvalue weighted by molar-refractivity contribution is -0.150. The number of nitrogens with one attached hydrogen (secondary N) is 2. The van der Waals surface area contributed by atoms with Crippen molar-refractivity contribution in [1.29, 1.82) is 0 Å². The molecule has 4 N–H and O–H groups in total. The molecule has 1 saturated heterocycles. The first-order valence-electron chi connectivity index (χ1n) is 11.5. The number of nitrogens with zero attached hydrogens (tertiary/aromatic N) is 2. The van der Waals surface area contributed by atoms with Gasteiger partial charge in [-0.25, -0.2) is 4.98 Å². The van der Waals surface area contributed by atoms with E-state index in [0.717, 1.165) is 23.2 Å². The highest BCUT2D eigenvalue weighted by Crippen LogP contribution is 2.41. The number of ether oxygens (including phenoxy) is 1. The minimum Gasteiger partial charge on any atom is -0.480 e. The first-order chi connectivity index (χ1) is 16.6. The first kappa shape index (κ1) is 24.2. The Labute approximate surface area is 203 Å². The third kappa shape index (κ3) is 4.68. The fraction of sp³-hybridized carbons (Fsp3) is 0.400. The number of carbonyl (C=O) groups excluding carboxylic acids is 4. The molecule has 10 nitrogen and oxygen atoms in total. The second-order valence-electron chi connectivity index (χ2n) is 9.35. The number of aromatic nitrogens is 1. The topological polar surface area (TPSA) is 144 Å². The molecule has 4 amide bonds. The standard InChI is InChI=1S/C25H29N5O5/c1-14-8-9-25(2,16-5-6-19-15(10-16)4-7-20(31)29-19)30(13-14)24(34)22(33)28-17-11-18(21(26)32)23(35-3)27-12-17/h5-6,10-12,14H,4,7-9,13H2,1-3H3,(H2,26,32)(H,28,33)(H,29,31)/t14-,25-/m0/s1. The van der Waals surface area contributed by atoms with Gasteiger partial charge in [0.2, 0.25) is 11.8 Å². The maximum atomic E-state index is 13.4. The summed E-state index contributed by atoms with van der Waals surface area (Å²) in [6, 6.07) is 7.12. The number of carbonyl (C=O) groups is 4. The van der Waals surface area contributed by atoms with E-state index in [0.29, 0.717) is 25.8 Å². The van der Waals surface area contributed by atoms with Crippen LogP contribution < -0.4 is 21.1 Å². The molecule has 1 fully saturated rings. The Morgan fingerprint density at radius 3 is 2.74 bits per heavy atom. The summed E-state index contributed by atoms with van der Waals surface area (Å²) in [7, 11) is 1.35. The van der Waals surface area contributed by atoms with E-state index in [1.165, 1.54) is 19.4 Å². The minimum atomic E-state index is -0.835. The predicted molar refractivity (Wildman–Crippen MR) is 129 cm³/mol.